The molecule has 2 aromatic carbocycles. The molecule has 0 aliphatic carbocycles. The summed E-state index contributed by atoms with van der Waals surface area (Å²) in [5, 5.41) is 5.26. The quantitative estimate of drug-likeness (QED) is 0.482. The van der Waals surface area contributed by atoms with Gasteiger partial charge in [0.1, 0.15) is 5.82 Å². The number of hydrogen-bond donors (Lipinski definition) is 2. The molecule has 3 aromatic rings. The fourth-order valence-corrected chi connectivity index (χ4v) is 5.56. The van der Waals surface area contributed by atoms with E-state index in [1.54, 1.807) is 24.3 Å². The molecule has 1 atom stereocenters. The Morgan fingerprint density at radius 2 is 2.00 bits per heavy atom. The van der Waals surface area contributed by atoms with E-state index in [4.69, 9.17) is 10.5 Å². The zero-order chi connectivity index (χ0) is 25.5. The largest absolute Gasteiger partial charge is 0.416 e. The lowest BCUT2D eigenvalue weighted by Gasteiger charge is -2.47. The summed E-state index contributed by atoms with van der Waals surface area (Å²) in [6, 6.07) is 10.4. The van der Waals surface area contributed by atoms with Crippen LogP contribution >= 0.6 is 11.3 Å². The molecule has 1 amide bonds. The monoisotopic (exact) mass is 516 g/mol. The van der Waals surface area contributed by atoms with Gasteiger partial charge in [-0.25, -0.2) is 4.98 Å². The predicted octanol–water partition coefficient (Wildman–Crippen LogP) is 5.01. The van der Waals surface area contributed by atoms with E-state index in [9.17, 15) is 18.0 Å². The van der Waals surface area contributed by atoms with E-state index >= 15 is 0 Å². The number of carbonyl (C=O) groups excluding carboxylic acids is 1. The number of nitrogens with one attached hydrogen (secondary N) is 1. The van der Waals surface area contributed by atoms with Gasteiger partial charge in [0.15, 0.2) is 5.01 Å². The lowest BCUT2D eigenvalue weighted by atomic mass is 9.79. The van der Waals surface area contributed by atoms with Crippen molar-refractivity contribution in [3.8, 4) is 11.1 Å². The van der Waals surface area contributed by atoms with Gasteiger partial charge in [0.25, 0.3) is 5.91 Å². The van der Waals surface area contributed by atoms with Crippen LogP contribution in [0.3, 0.4) is 0 Å². The van der Waals surface area contributed by atoms with Crippen LogP contribution in [0.2, 0.25) is 0 Å². The van der Waals surface area contributed by atoms with Gasteiger partial charge in [0.2, 0.25) is 0 Å². The number of thiazole rings is 1. The van der Waals surface area contributed by atoms with Crippen LogP contribution in [-0.2, 0) is 17.5 Å². The molecule has 2 aliphatic rings. The fourth-order valence-electron chi connectivity index (χ4n) is 4.83. The van der Waals surface area contributed by atoms with E-state index in [2.05, 4.69) is 15.2 Å². The Labute approximate surface area is 211 Å². The van der Waals surface area contributed by atoms with E-state index in [-0.39, 0.29) is 23.9 Å². The van der Waals surface area contributed by atoms with Crippen LogP contribution in [-0.4, -0.2) is 37.2 Å². The van der Waals surface area contributed by atoms with E-state index < -0.39 is 11.7 Å². The van der Waals surface area contributed by atoms with Crippen LogP contribution in [0.5, 0.6) is 0 Å². The maximum Gasteiger partial charge on any atom is 0.416 e. The summed E-state index contributed by atoms with van der Waals surface area (Å²) < 4.78 is 45.1. The molecule has 2 fully saturated rings. The van der Waals surface area contributed by atoms with Gasteiger partial charge in [-0.2, -0.15) is 13.2 Å². The molecule has 36 heavy (non-hydrogen) atoms. The summed E-state index contributed by atoms with van der Waals surface area (Å²) in [4.78, 5) is 19.5. The maximum atomic E-state index is 13.2. The Morgan fingerprint density at radius 1 is 1.25 bits per heavy atom. The number of nitrogens with zero attached hydrogens (tertiary/aromatic N) is 2. The van der Waals surface area contributed by atoms with Crippen molar-refractivity contribution in [3.05, 3.63) is 69.5 Å². The Kier molecular flexibility index (Phi) is 6.52. The Morgan fingerprint density at radius 3 is 2.64 bits per heavy atom. The number of aromatic nitrogens is 1. The third-order valence-electron chi connectivity index (χ3n) is 6.97. The topological polar surface area (TPSA) is 80.5 Å². The van der Waals surface area contributed by atoms with Crippen molar-refractivity contribution in [2.75, 3.05) is 31.2 Å². The summed E-state index contributed by atoms with van der Waals surface area (Å²) in [5.74, 6) is 0.557. The second-order valence-electron chi connectivity index (χ2n) is 9.56. The molecule has 6 nitrogen and oxygen atoms in total. The molecule has 1 aromatic heterocycles. The Hall–Kier alpha value is -2.95. The van der Waals surface area contributed by atoms with Crippen LogP contribution in [0.1, 0.15) is 45.9 Å². The average molecular weight is 517 g/mol. The summed E-state index contributed by atoms with van der Waals surface area (Å²) in [5.41, 5.74) is 7.82. The van der Waals surface area contributed by atoms with Crippen LogP contribution in [0.15, 0.2) is 47.8 Å². The molecule has 1 spiro atoms. The zero-order valence-corrected chi connectivity index (χ0v) is 20.6. The lowest BCUT2D eigenvalue weighted by Crippen LogP contribution is -2.57. The van der Waals surface area contributed by atoms with Crippen LogP contribution in [0, 0.1) is 5.41 Å². The smallest absolute Gasteiger partial charge is 0.381 e. The number of rotatable bonds is 6. The fraction of sp³-hybridized carbons (Fsp3) is 0.385. The number of halogens is 3. The minimum atomic E-state index is -4.43. The third-order valence-corrected chi connectivity index (χ3v) is 7.80. The first-order chi connectivity index (χ1) is 17.2. The number of carbonyl (C=O) groups is 1. The summed E-state index contributed by atoms with van der Waals surface area (Å²) in [6.45, 7) is 5.39. The second kappa shape index (κ2) is 9.49. The second-order valence-corrected chi connectivity index (χ2v) is 10.4. The highest BCUT2D eigenvalue weighted by atomic mass is 32.1. The van der Waals surface area contributed by atoms with Gasteiger partial charge >= 0.3 is 6.18 Å². The van der Waals surface area contributed by atoms with E-state index in [0.717, 1.165) is 56.2 Å². The number of benzene rings is 2. The molecule has 3 heterocycles. The van der Waals surface area contributed by atoms with Crippen molar-refractivity contribution in [2.45, 2.75) is 32.1 Å². The number of ether oxygens (including phenoxy) is 1. The third kappa shape index (κ3) is 4.85. The molecule has 0 saturated carbocycles. The summed E-state index contributed by atoms with van der Waals surface area (Å²) in [6.07, 6.45) is -3.36. The number of amides is 1. The van der Waals surface area contributed by atoms with Crippen molar-refractivity contribution < 1.29 is 22.7 Å². The van der Waals surface area contributed by atoms with E-state index in [1.165, 1.54) is 17.4 Å². The number of nitrogens with two attached hydrogens (primary N) is 1. The molecule has 0 radical (unpaired) electrons. The van der Waals surface area contributed by atoms with Crippen molar-refractivity contribution in [3.63, 3.8) is 0 Å². The number of hydrogen-bond acceptors (Lipinski definition) is 6. The predicted molar refractivity (Wildman–Crippen MR) is 133 cm³/mol. The van der Waals surface area contributed by atoms with Gasteiger partial charge in [-0.1, -0.05) is 30.3 Å². The van der Waals surface area contributed by atoms with Crippen LogP contribution in [0.4, 0.5) is 19.0 Å². The zero-order valence-electron chi connectivity index (χ0n) is 19.8. The highest BCUT2D eigenvalue weighted by Crippen LogP contribution is 2.41. The van der Waals surface area contributed by atoms with Crippen LogP contribution in [0.25, 0.3) is 11.1 Å². The number of alkyl halides is 3. The minimum absolute atomic E-state index is 0.129. The first-order valence-corrected chi connectivity index (χ1v) is 12.6. The van der Waals surface area contributed by atoms with Gasteiger partial charge in [-0.05, 0) is 47.7 Å². The molecule has 2 saturated heterocycles. The lowest BCUT2D eigenvalue weighted by molar-refractivity contribution is -0.137. The highest BCUT2D eigenvalue weighted by Gasteiger charge is 2.46. The normalized spacial score (nSPS) is 17.8. The molecule has 190 valence electrons. The molecular formula is C26H27F3N4O2S. The molecule has 0 bridgehead atoms. The van der Waals surface area contributed by atoms with E-state index in [1.807, 2.05) is 12.3 Å². The summed E-state index contributed by atoms with van der Waals surface area (Å²) in [7, 11) is 0. The molecule has 2 aliphatic heterocycles. The SMILES string of the molecule is C[C@@H](NC(=O)c1nc(N2CC3(CCOC3)C2)cs1)c1ccc(-c2cc(C(F)(F)F)ccc2CN)cc1. The maximum absolute atomic E-state index is 13.2. The Bertz CT molecular complexity index is 1240. The first kappa shape index (κ1) is 24.7. The molecule has 10 heteroatoms. The highest BCUT2D eigenvalue weighted by molar-refractivity contribution is 7.12. The minimum Gasteiger partial charge on any atom is -0.381 e. The van der Waals surface area contributed by atoms with Gasteiger partial charge < -0.3 is 20.7 Å². The standard InChI is InChI=1S/C26H27F3N4O2S/c1-16(31-23(34)24-32-22(12-36-24)33-13-25(14-33)8-9-35-15-25)17-2-4-18(5-3-17)21-10-20(26(27,28)29)7-6-19(21)11-30/h2-7,10,12,16H,8-9,11,13-15,30H2,1H3,(H,31,34)/t16-/m1/s1. The molecule has 3 N–H and O–H groups in total. The van der Waals surface area contributed by atoms with Gasteiger partial charge in [0, 0.05) is 37.0 Å². The van der Waals surface area contributed by atoms with E-state index in [0.29, 0.717) is 21.7 Å². The summed E-state index contributed by atoms with van der Waals surface area (Å²) >= 11 is 1.31. The first-order valence-electron chi connectivity index (χ1n) is 11.8. The molecule has 5 rings (SSSR count). The van der Waals surface area contributed by atoms with Gasteiger partial charge in [-0.15, -0.1) is 11.3 Å². The van der Waals surface area contributed by atoms with Crippen molar-refractivity contribution in [2.24, 2.45) is 11.1 Å². The Balaban J connectivity index is 1.24. The average Bonchev–Trinajstić information content (AvgIpc) is 3.52. The molecular weight excluding hydrogens is 489 g/mol. The molecule has 0 unspecified atom stereocenters. The van der Waals surface area contributed by atoms with Gasteiger partial charge in [0.05, 0.1) is 18.2 Å². The van der Waals surface area contributed by atoms with Crippen LogP contribution < -0.4 is 16.0 Å². The van der Waals surface area contributed by atoms with Gasteiger partial charge in [-0.3, -0.25) is 4.79 Å². The number of anilines is 1. The van der Waals surface area contributed by atoms with Crippen molar-refractivity contribution >= 4 is 23.1 Å². The van der Waals surface area contributed by atoms with Crippen molar-refractivity contribution in [1.29, 1.82) is 0 Å². The van der Waals surface area contributed by atoms with Crippen molar-refractivity contribution in [1.82, 2.24) is 10.3 Å².